The summed E-state index contributed by atoms with van der Waals surface area (Å²) in [5, 5.41) is 5.55. The molecule has 2 aromatic rings. The molecule has 0 unspecified atom stereocenters. The van der Waals surface area contributed by atoms with E-state index in [9.17, 15) is 14.4 Å². The molecule has 1 aliphatic rings. The molecule has 1 saturated carbocycles. The summed E-state index contributed by atoms with van der Waals surface area (Å²) >= 11 is 0. The highest BCUT2D eigenvalue weighted by atomic mass is 16.5. The van der Waals surface area contributed by atoms with Gasteiger partial charge in [0.2, 0.25) is 0 Å². The van der Waals surface area contributed by atoms with Crippen LogP contribution in [0.1, 0.15) is 51.9 Å². The van der Waals surface area contributed by atoms with Gasteiger partial charge in [-0.15, -0.1) is 0 Å². The summed E-state index contributed by atoms with van der Waals surface area (Å²) in [6.07, 6.45) is 1.96. The highest BCUT2D eigenvalue weighted by molar-refractivity contribution is 6.04. The van der Waals surface area contributed by atoms with E-state index >= 15 is 0 Å². The molecule has 7 heteroatoms. The number of hydrogen-bond acceptors (Lipinski definition) is 4. The summed E-state index contributed by atoms with van der Waals surface area (Å²) < 4.78 is 7.17. The number of amides is 2. The van der Waals surface area contributed by atoms with Crippen LogP contribution in [0.5, 0.6) is 0 Å². The minimum absolute atomic E-state index is 0.220. The molecule has 1 aliphatic carbocycles. The van der Waals surface area contributed by atoms with Crippen LogP contribution in [0.4, 0.5) is 5.69 Å². The summed E-state index contributed by atoms with van der Waals surface area (Å²) in [4.78, 5) is 36.9. The van der Waals surface area contributed by atoms with Crippen LogP contribution >= 0.6 is 0 Å². The zero-order valence-corrected chi connectivity index (χ0v) is 16.4. The average molecular weight is 383 g/mol. The fraction of sp³-hybridized carbons (Fsp3) is 0.381. The van der Waals surface area contributed by atoms with E-state index < -0.39 is 18.5 Å². The predicted octanol–water partition coefficient (Wildman–Crippen LogP) is 2.81. The summed E-state index contributed by atoms with van der Waals surface area (Å²) in [5.41, 5.74) is 3.02. The van der Waals surface area contributed by atoms with Crippen molar-refractivity contribution in [2.24, 2.45) is 0 Å². The second kappa shape index (κ2) is 8.29. The fourth-order valence-electron chi connectivity index (χ4n) is 3.17. The Morgan fingerprint density at radius 1 is 1.14 bits per heavy atom. The summed E-state index contributed by atoms with van der Waals surface area (Å²) in [6.45, 7) is 6.10. The first kappa shape index (κ1) is 19.7. The molecule has 2 N–H and O–H groups in total. The molecule has 7 nitrogen and oxygen atoms in total. The van der Waals surface area contributed by atoms with E-state index in [1.165, 1.54) is 0 Å². The van der Waals surface area contributed by atoms with Gasteiger partial charge in [-0.2, -0.15) is 0 Å². The van der Waals surface area contributed by atoms with Gasteiger partial charge in [0.1, 0.15) is 0 Å². The molecule has 2 amide bonds. The zero-order valence-electron chi connectivity index (χ0n) is 16.4. The molecule has 0 spiro atoms. The van der Waals surface area contributed by atoms with Gasteiger partial charge in [0.15, 0.2) is 6.61 Å². The number of aromatic nitrogens is 1. The molecule has 0 aliphatic heterocycles. The number of para-hydroxylation sites is 1. The SMILES string of the molecule is CCn1c(C)cc(C(=O)OCC(=O)Nc2ccccc2C(=O)NC2CC2)c1C. The number of esters is 1. The largest absolute Gasteiger partial charge is 0.452 e. The smallest absolute Gasteiger partial charge is 0.340 e. The maximum atomic E-state index is 12.3. The second-order valence-electron chi connectivity index (χ2n) is 6.95. The molecule has 1 heterocycles. The van der Waals surface area contributed by atoms with Gasteiger partial charge >= 0.3 is 5.97 Å². The minimum atomic E-state index is -0.539. The Bertz CT molecular complexity index is 912. The average Bonchev–Trinajstić information content (AvgIpc) is 3.43. The highest BCUT2D eigenvalue weighted by Crippen LogP contribution is 2.21. The molecule has 1 aromatic carbocycles. The lowest BCUT2D eigenvalue weighted by Crippen LogP contribution is -2.28. The second-order valence-corrected chi connectivity index (χ2v) is 6.95. The van der Waals surface area contributed by atoms with Crippen LogP contribution < -0.4 is 10.6 Å². The van der Waals surface area contributed by atoms with Gasteiger partial charge in [0.25, 0.3) is 11.8 Å². The van der Waals surface area contributed by atoms with E-state index in [2.05, 4.69) is 10.6 Å². The molecule has 0 saturated heterocycles. The van der Waals surface area contributed by atoms with Crippen molar-refractivity contribution in [2.75, 3.05) is 11.9 Å². The molecule has 28 heavy (non-hydrogen) atoms. The van der Waals surface area contributed by atoms with Crippen molar-refractivity contribution in [3.05, 3.63) is 52.8 Å². The number of nitrogens with zero attached hydrogens (tertiary/aromatic N) is 1. The Labute approximate surface area is 164 Å². The van der Waals surface area contributed by atoms with Crippen LogP contribution in [0.25, 0.3) is 0 Å². The first-order valence-electron chi connectivity index (χ1n) is 9.44. The van der Waals surface area contributed by atoms with Gasteiger partial charge in [-0.05, 0) is 51.8 Å². The molecule has 148 valence electrons. The molecule has 0 atom stereocenters. The van der Waals surface area contributed by atoms with Crippen molar-refractivity contribution in [1.82, 2.24) is 9.88 Å². The quantitative estimate of drug-likeness (QED) is 0.720. The normalized spacial score (nSPS) is 13.1. The van der Waals surface area contributed by atoms with Crippen LogP contribution in [0, 0.1) is 13.8 Å². The molecular weight excluding hydrogens is 358 g/mol. The maximum absolute atomic E-state index is 12.3. The third kappa shape index (κ3) is 4.42. The maximum Gasteiger partial charge on any atom is 0.340 e. The molecular formula is C21H25N3O4. The lowest BCUT2D eigenvalue weighted by Gasteiger charge is -2.11. The van der Waals surface area contributed by atoms with Gasteiger partial charge in [-0.25, -0.2) is 4.79 Å². The number of rotatable bonds is 7. The molecule has 1 aromatic heterocycles. The van der Waals surface area contributed by atoms with Crippen LogP contribution in [-0.2, 0) is 16.1 Å². The van der Waals surface area contributed by atoms with E-state index in [1.807, 2.05) is 25.3 Å². The number of nitrogens with one attached hydrogen (secondary N) is 2. The Kier molecular flexibility index (Phi) is 5.82. The standard InChI is InChI=1S/C21H25N3O4/c1-4-24-13(2)11-17(14(24)3)21(27)28-12-19(25)23-18-8-6-5-7-16(18)20(26)22-15-9-10-15/h5-8,11,15H,4,9-10,12H2,1-3H3,(H,22,26)(H,23,25). The van der Waals surface area contributed by atoms with Crippen LogP contribution in [0.3, 0.4) is 0 Å². The number of carbonyl (C=O) groups excluding carboxylic acids is 3. The first-order valence-corrected chi connectivity index (χ1v) is 9.44. The van der Waals surface area contributed by atoms with E-state index in [-0.39, 0.29) is 11.9 Å². The topological polar surface area (TPSA) is 89.4 Å². The number of benzene rings is 1. The molecule has 0 radical (unpaired) electrons. The monoisotopic (exact) mass is 383 g/mol. The van der Waals surface area contributed by atoms with Crippen LogP contribution in [0.15, 0.2) is 30.3 Å². The predicted molar refractivity (Wildman–Crippen MR) is 105 cm³/mol. The van der Waals surface area contributed by atoms with Crippen molar-refractivity contribution < 1.29 is 19.1 Å². The van der Waals surface area contributed by atoms with Crippen LogP contribution in [0.2, 0.25) is 0 Å². The van der Waals surface area contributed by atoms with Crippen molar-refractivity contribution in [1.29, 1.82) is 0 Å². The Hall–Kier alpha value is -3.09. The van der Waals surface area contributed by atoms with Gasteiger partial charge in [0, 0.05) is 24.0 Å². The van der Waals surface area contributed by atoms with Crippen LogP contribution in [-0.4, -0.2) is 35.0 Å². The molecule has 3 rings (SSSR count). The van der Waals surface area contributed by atoms with E-state index in [1.54, 1.807) is 30.3 Å². The Morgan fingerprint density at radius 2 is 1.86 bits per heavy atom. The number of ether oxygens (including phenoxy) is 1. The number of carbonyl (C=O) groups is 3. The van der Waals surface area contributed by atoms with Gasteiger partial charge in [-0.3, -0.25) is 9.59 Å². The van der Waals surface area contributed by atoms with Gasteiger partial charge in [-0.1, -0.05) is 12.1 Å². The number of hydrogen-bond donors (Lipinski definition) is 2. The van der Waals surface area contributed by atoms with Crippen molar-refractivity contribution >= 4 is 23.5 Å². The first-order chi connectivity index (χ1) is 13.4. The lowest BCUT2D eigenvalue weighted by atomic mass is 10.1. The summed E-state index contributed by atoms with van der Waals surface area (Å²) in [5.74, 6) is -1.26. The van der Waals surface area contributed by atoms with Crippen molar-refractivity contribution in [3.8, 4) is 0 Å². The number of aryl methyl sites for hydroxylation is 1. The van der Waals surface area contributed by atoms with E-state index in [4.69, 9.17) is 4.74 Å². The zero-order chi connectivity index (χ0) is 20.3. The Morgan fingerprint density at radius 3 is 2.50 bits per heavy atom. The van der Waals surface area contributed by atoms with Gasteiger partial charge in [0.05, 0.1) is 16.8 Å². The van der Waals surface area contributed by atoms with Crippen molar-refractivity contribution in [3.63, 3.8) is 0 Å². The van der Waals surface area contributed by atoms with Crippen molar-refractivity contribution in [2.45, 2.75) is 46.2 Å². The van der Waals surface area contributed by atoms with Gasteiger partial charge < -0.3 is 19.9 Å². The molecule has 0 bridgehead atoms. The minimum Gasteiger partial charge on any atom is -0.452 e. The highest BCUT2D eigenvalue weighted by Gasteiger charge is 2.25. The van der Waals surface area contributed by atoms with E-state index in [0.29, 0.717) is 16.8 Å². The third-order valence-corrected chi connectivity index (χ3v) is 4.80. The van der Waals surface area contributed by atoms with E-state index in [0.717, 1.165) is 30.8 Å². The lowest BCUT2D eigenvalue weighted by molar-refractivity contribution is -0.119. The summed E-state index contributed by atoms with van der Waals surface area (Å²) in [6, 6.07) is 8.75. The third-order valence-electron chi connectivity index (χ3n) is 4.80. The number of anilines is 1. The Balaban J connectivity index is 1.60. The fourth-order valence-corrected chi connectivity index (χ4v) is 3.17. The molecule has 1 fully saturated rings. The summed E-state index contributed by atoms with van der Waals surface area (Å²) in [7, 11) is 0.